The Kier molecular flexibility index (Phi) is 5.63. The monoisotopic (exact) mass is 313 g/mol. The number of amides is 1. The molecule has 22 heavy (non-hydrogen) atoms. The zero-order chi connectivity index (χ0) is 15.9. The molecule has 0 saturated heterocycles. The summed E-state index contributed by atoms with van der Waals surface area (Å²) in [6.07, 6.45) is 0.472. The molecule has 2 aromatic carbocycles. The summed E-state index contributed by atoms with van der Waals surface area (Å²) < 4.78 is 0. The van der Waals surface area contributed by atoms with Crippen LogP contribution in [0.25, 0.3) is 0 Å². The van der Waals surface area contributed by atoms with Crippen molar-refractivity contribution in [2.24, 2.45) is 5.73 Å². The molecular formula is C17H19N3OS. The van der Waals surface area contributed by atoms with Crippen LogP contribution < -0.4 is 16.4 Å². The van der Waals surface area contributed by atoms with E-state index in [2.05, 4.69) is 10.6 Å². The molecule has 4 nitrogen and oxygen atoms in total. The minimum Gasteiger partial charge on any atom is -0.332 e. The fourth-order valence-electron chi connectivity index (χ4n) is 1.96. The molecule has 0 fully saturated rings. The second kappa shape index (κ2) is 7.68. The Morgan fingerprint density at radius 2 is 1.77 bits per heavy atom. The van der Waals surface area contributed by atoms with Gasteiger partial charge in [0, 0.05) is 5.69 Å². The van der Waals surface area contributed by atoms with Gasteiger partial charge in [0.05, 0.1) is 6.04 Å². The van der Waals surface area contributed by atoms with E-state index in [1.165, 1.54) is 0 Å². The highest BCUT2D eigenvalue weighted by molar-refractivity contribution is 7.80. The number of carbonyl (C=O) groups excluding carboxylic acids is 1. The number of rotatable bonds is 4. The number of nitrogens with two attached hydrogens (primary N) is 1. The lowest BCUT2D eigenvalue weighted by Crippen LogP contribution is -2.46. The molecule has 2 rings (SSSR count). The van der Waals surface area contributed by atoms with E-state index in [4.69, 9.17) is 18.0 Å². The van der Waals surface area contributed by atoms with Crippen LogP contribution in [0.3, 0.4) is 0 Å². The zero-order valence-corrected chi connectivity index (χ0v) is 13.2. The topological polar surface area (TPSA) is 67.1 Å². The van der Waals surface area contributed by atoms with Gasteiger partial charge in [0.15, 0.2) is 5.11 Å². The van der Waals surface area contributed by atoms with Crippen molar-refractivity contribution < 1.29 is 4.79 Å². The first-order valence-corrected chi connectivity index (χ1v) is 7.43. The first kappa shape index (κ1) is 16.1. The second-order valence-electron chi connectivity index (χ2n) is 5.11. The van der Waals surface area contributed by atoms with E-state index in [-0.39, 0.29) is 11.0 Å². The highest BCUT2D eigenvalue weighted by atomic mass is 32.1. The van der Waals surface area contributed by atoms with Gasteiger partial charge >= 0.3 is 0 Å². The van der Waals surface area contributed by atoms with Gasteiger partial charge in [-0.2, -0.15) is 0 Å². The van der Waals surface area contributed by atoms with Crippen molar-refractivity contribution in [1.82, 2.24) is 5.32 Å². The molecule has 5 heteroatoms. The summed E-state index contributed by atoms with van der Waals surface area (Å²) in [5.41, 5.74) is 8.91. The van der Waals surface area contributed by atoms with E-state index in [0.717, 1.165) is 16.8 Å². The first-order chi connectivity index (χ1) is 10.5. The van der Waals surface area contributed by atoms with Crippen LogP contribution in [0.2, 0.25) is 0 Å². The van der Waals surface area contributed by atoms with Crippen molar-refractivity contribution in [3.63, 3.8) is 0 Å². The molecule has 0 spiro atoms. The third-order valence-corrected chi connectivity index (χ3v) is 3.39. The average Bonchev–Trinajstić information content (AvgIpc) is 2.50. The Morgan fingerprint density at radius 1 is 1.14 bits per heavy atom. The van der Waals surface area contributed by atoms with Gasteiger partial charge in [0.1, 0.15) is 0 Å². The summed E-state index contributed by atoms with van der Waals surface area (Å²) in [6, 6.07) is 16.7. The van der Waals surface area contributed by atoms with Crippen molar-refractivity contribution in [1.29, 1.82) is 0 Å². The van der Waals surface area contributed by atoms with Gasteiger partial charge < -0.3 is 16.4 Å². The molecule has 1 amide bonds. The van der Waals surface area contributed by atoms with E-state index >= 15 is 0 Å². The van der Waals surface area contributed by atoms with Gasteiger partial charge in [0.25, 0.3) is 0 Å². The minimum atomic E-state index is -0.639. The van der Waals surface area contributed by atoms with E-state index in [1.807, 2.05) is 61.5 Å². The molecule has 1 unspecified atom stereocenters. The lowest BCUT2D eigenvalue weighted by Gasteiger charge is -2.14. The van der Waals surface area contributed by atoms with Crippen molar-refractivity contribution in [2.45, 2.75) is 19.4 Å². The summed E-state index contributed by atoms with van der Waals surface area (Å²) in [5, 5.41) is 5.83. The fraction of sp³-hybridized carbons (Fsp3) is 0.176. The molecule has 0 aliphatic carbocycles. The molecule has 0 bridgehead atoms. The smallest absolute Gasteiger partial charge is 0.243 e. The van der Waals surface area contributed by atoms with Crippen LogP contribution in [0.5, 0.6) is 0 Å². The van der Waals surface area contributed by atoms with E-state index < -0.39 is 6.04 Å². The first-order valence-electron chi connectivity index (χ1n) is 7.02. The van der Waals surface area contributed by atoms with Crippen LogP contribution >= 0.6 is 12.2 Å². The molecule has 0 saturated carbocycles. The van der Waals surface area contributed by atoms with Gasteiger partial charge in [-0.1, -0.05) is 48.0 Å². The Bertz CT molecular complexity index is 641. The third kappa shape index (κ3) is 4.95. The maximum Gasteiger partial charge on any atom is 0.243 e. The summed E-state index contributed by atoms with van der Waals surface area (Å²) in [5.74, 6) is -0.298. The second-order valence-corrected chi connectivity index (χ2v) is 5.51. The van der Waals surface area contributed by atoms with Crippen LogP contribution in [0, 0.1) is 6.92 Å². The molecule has 4 N–H and O–H groups in total. The molecule has 0 aliphatic rings. The normalized spacial score (nSPS) is 11.5. The number of benzene rings is 2. The number of anilines is 1. The largest absolute Gasteiger partial charge is 0.332 e. The molecule has 0 radical (unpaired) electrons. The van der Waals surface area contributed by atoms with Crippen molar-refractivity contribution in [3.8, 4) is 0 Å². The number of thiocarbonyl (C=S) groups is 1. The Labute approximate surface area is 135 Å². The van der Waals surface area contributed by atoms with Gasteiger partial charge in [0.2, 0.25) is 5.91 Å². The van der Waals surface area contributed by atoms with Gasteiger partial charge in [-0.15, -0.1) is 0 Å². The Morgan fingerprint density at radius 3 is 2.41 bits per heavy atom. The van der Waals surface area contributed by atoms with E-state index in [1.54, 1.807) is 0 Å². The Balaban J connectivity index is 1.85. The fourth-order valence-corrected chi connectivity index (χ4v) is 2.18. The van der Waals surface area contributed by atoms with Gasteiger partial charge in [-0.3, -0.25) is 4.79 Å². The number of hydrogen-bond acceptors (Lipinski definition) is 3. The summed E-state index contributed by atoms with van der Waals surface area (Å²) in [4.78, 5) is 12.0. The standard InChI is InChI=1S/C17H19N3OS/c1-12-7-9-14(10-8-12)19-17(22)20-16(21)15(18)11-13-5-3-2-4-6-13/h2-10,15H,11,18H2,1H3,(H2,19,20,21,22). The van der Waals surface area contributed by atoms with E-state index in [9.17, 15) is 4.79 Å². The molecule has 0 aliphatic heterocycles. The number of aryl methyl sites for hydroxylation is 1. The molecule has 0 aromatic heterocycles. The van der Waals surface area contributed by atoms with Gasteiger partial charge in [-0.25, -0.2) is 0 Å². The number of nitrogens with one attached hydrogen (secondary N) is 2. The maximum absolute atomic E-state index is 12.0. The average molecular weight is 313 g/mol. The molecule has 2 aromatic rings. The van der Waals surface area contributed by atoms with Crippen molar-refractivity contribution in [2.75, 3.05) is 5.32 Å². The highest BCUT2D eigenvalue weighted by Gasteiger charge is 2.15. The van der Waals surface area contributed by atoms with Crippen molar-refractivity contribution in [3.05, 3.63) is 65.7 Å². The molecule has 0 heterocycles. The number of carbonyl (C=O) groups is 1. The van der Waals surface area contributed by atoms with Gasteiger partial charge in [-0.05, 0) is 43.3 Å². The third-order valence-electron chi connectivity index (χ3n) is 3.18. The van der Waals surface area contributed by atoms with Crippen LogP contribution in [-0.4, -0.2) is 17.1 Å². The van der Waals surface area contributed by atoms with Crippen LogP contribution in [0.15, 0.2) is 54.6 Å². The minimum absolute atomic E-state index is 0.248. The predicted molar refractivity (Wildman–Crippen MR) is 93.7 cm³/mol. The Hall–Kier alpha value is -2.24. The van der Waals surface area contributed by atoms with E-state index in [0.29, 0.717) is 6.42 Å². The maximum atomic E-state index is 12.0. The predicted octanol–water partition coefficient (Wildman–Crippen LogP) is 2.38. The molecular weight excluding hydrogens is 294 g/mol. The molecule has 114 valence electrons. The highest BCUT2D eigenvalue weighted by Crippen LogP contribution is 2.08. The summed E-state index contributed by atoms with van der Waals surface area (Å²) in [6.45, 7) is 2.01. The summed E-state index contributed by atoms with van der Waals surface area (Å²) in [7, 11) is 0. The SMILES string of the molecule is Cc1ccc(NC(=S)NC(=O)C(N)Cc2ccccc2)cc1. The quantitative estimate of drug-likeness (QED) is 0.758. The van der Waals surface area contributed by atoms with Crippen molar-refractivity contribution >= 4 is 28.9 Å². The lowest BCUT2D eigenvalue weighted by molar-refractivity contribution is -0.120. The number of hydrogen-bond donors (Lipinski definition) is 3. The zero-order valence-electron chi connectivity index (χ0n) is 12.4. The molecule has 1 atom stereocenters. The van der Waals surface area contributed by atoms with Crippen LogP contribution in [0.1, 0.15) is 11.1 Å². The van der Waals surface area contributed by atoms with Crippen LogP contribution in [0.4, 0.5) is 5.69 Å². The van der Waals surface area contributed by atoms with Crippen LogP contribution in [-0.2, 0) is 11.2 Å². The lowest BCUT2D eigenvalue weighted by atomic mass is 10.1. The summed E-state index contributed by atoms with van der Waals surface area (Å²) >= 11 is 5.13.